The predicted molar refractivity (Wildman–Crippen MR) is 62.8 cm³/mol. The average molecular weight is 223 g/mol. The van der Waals surface area contributed by atoms with Gasteiger partial charge < -0.3 is 14.7 Å². The van der Waals surface area contributed by atoms with Gasteiger partial charge in [-0.2, -0.15) is 0 Å². The molecule has 0 saturated carbocycles. The van der Waals surface area contributed by atoms with E-state index in [-0.39, 0.29) is 0 Å². The van der Waals surface area contributed by atoms with Gasteiger partial charge in [0.2, 0.25) is 0 Å². The van der Waals surface area contributed by atoms with E-state index in [0.29, 0.717) is 24.7 Å². The Bertz CT molecular complexity index is 375. The lowest BCUT2D eigenvalue weighted by Gasteiger charge is -2.11. The number of hydrogen-bond acceptors (Lipinski definition) is 4. The van der Waals surface area contributed by atoms with E-state index in [0.717, 1.165) is 11.3 Å². The molecule has 1 aromatic carbocycles. The minimum Gasteiger partial charge on any atom is -0.494 e. The van der Waals surface area contributed by atoms with Crippen LogP contribution >= 0.6 is 0 Å². The van der Waals surface area contributed by atoms with Crippen molar-refractivity contribution in [3.8, 4) is 11.5 Å². The fourth-order valence-corrected chi connectivity index (χ4v) is 1.39. The van der Waals surface area contributed by atoms with Crippen molar-refractivity contribution in [2.75, 3.05) is 13.2 Å². The molecule has 0 atom stereocenters. The van der Waals surface area contributed by atoms with E-state index in [2.05, 4.69) is 5.16 Å². The van der Waals surface area contributed by atoms with Gasteiger partial charge in [-0.3, -0.25) is 0 Å². The van der Waals surface area contributed by atoms with Crippen molar-refractivity contribution in [2.24, 2.45) is 5.16 Å². The van der Waals surface area contributed by atoms with Crippen LogP contribution in [-0.2, 0) is 0 Å². The maximum Gasteiger partial charge on any atom is 0.132 e. The zero-order valence-electron chi connectivity index (χ0n) is 9.86. The smallest absolute Gasteiger partial charge is 0.132 e. The van der Waals surface area contributed by atoms with Crippen molar-refractivity contribution in [1.29, 1.82) is 0 Å². The largest absolute Gasteiger partial charge is 0.494 e. The van der Waals surface area contributed by atoms with E-state index < -0.39 is 0 Å². The molecule has 0 bridgehead atoms. The van der Waals surface area contributed by atoms with Crippen LogP contribution in [0, 0.1) is 0 Å². The first-order valence-electron chi connectivity index (χ1n) is 5.31. The van der Waals surface area contributed by atoms with Crippen LogP contribution in [0.1, 0.15) is 26.3 Å². The summed E-state index contributed by atoms with van der Waals surface area (Å²) in [6.07, 6.45) is 0. The summed E-state index contributed by atoms with van der Waals surface area (Å²) in [6, 6.07) is 5.46. The summed E-state index contributed by atoms with van der Waals surface area (Å²) in [5.41, 5.74) is 1.29. The van der Waals surface area contributed by atoms with Gasteiger partial charge in [0.15, 0.2) is 0 Å². The Balaban J connectivity index is 3.08. The summed E-state index contributed by atoms with van der Waals surface area (Å²) in [5.74, 6) is 1.42. The zero-order chi connectivity index (χ0) is 12.0. The van der Waals surface area contributed by atoms with Gasteiger partial charge in [0.25, 0.3) is 0 Å². The molecule has 0 spiro atoms. The Morgan fingerprint density at radius 2 is 1.94 bits per heavy atom. The van der Waals surface area contributed by atoms with Crippen LogP contribution in [0.4, 0.5) is 0 Å². The van der Waals surface area contributed by atoms with Gasteiger partial charge in [-0.25, -0.2) is 0 Å². The maximum atomic E-state index is 8.75. The van der Waals surface area contributed by atoms with Gasteiger partial charge in [-0.05, 0) is 32.9 Å². The predicted octanol–water partition coefficient (Wildman–Crippen LogP) is 2.68. The van der Waals surface area contributed by atoms with Crippen molar-refractivity contribution in [2.45, 2.75) is 20.8 Å². The van der Waals surface area contributed by atoms with Gasteiger partial charge >= 0.3 is 0 Å². The molecular weight excluding hydrogens is 206 g/mol. The summed E-state index contributed by atoms with van der Waals surface area (Å²) < 4.78 is 10.9. The maximum absolute atomic E-state index is 8.75. The molecule has 1 aromatic rings. The lowest BCUT2D eigenvalue weighted by atomic mass is 10.1. The van der Waals surface area contributed by atoms with Crippen LogP contribution in [0.2, 0.25) is 0 Å². The topological polar surface area (TPSA) is 51.0 Å². The Hall–Kier alpha value is -1.71. The van der Waals surface area contributed by atoms with E-state index in [4.69, 9.17) is 14.7 Å². The molecule has 0 aliphatic carbocycles. The second kappa shape index (κ2) is 6.00. The molecule has 4 heteroatoms. The molecule has 1 rings (SSSR count). The monoisotopic (exact) mass is 223 g/mol. The quantitative estimate of drug-likeness (QED) is 0.474. The number of ether oxygens (including phenoxy) is 2. The third-order valence-corrected chi connectivity index (χ3v) is 2.10. The van der Waals surface area contributed by atoms with Gasteiger partial charge in [0.05, 0.1) is 18.9 Å². The van der Waals surface area contributed by atoms with Crippen molar-refractivity contribution in [3.05, 3.63) is 23.8 Å². The molecule has 0 heterocycles. The Labute approximate surface area is 95.5 Å². The Kier molecular flexibility index (Phi) is 4.64. The summed E-state index contributed by atoms with van der Waals surface area (Å²) in [7, 11) is 0. The van der Waals surface area contributed by atoms with Gasteiger partial charge in [-0.15, -0.1) is 0 Å². The first-order valence-corrected chi connectivity index (χ1v) is 5.31. The van der Waals surface area contributed by atoms with Crippen LogP contribution < -0.4 is 9.47 Å². The molecule has 0 fully saturated rings. The van der Waals surface area contributed by atoms with Crippen molar-refractivity contribution in [1.82, 2.24) is 0 Å². The molecule has 4 nitrogen and oxygen atoms in total. The van der Waals surface area contributed by atoms with E-state index in [1.54, 1.807) is 13.0 Å². The highest BCUT2D eigenvalue weighted by Crippen LogP contribution is 2.25. The number of hydrogen-bond donors (Lipinski definition) is 1. The third-order valence-electron chi connectivity index (χ3n) is 2.10. The van der Waals surface area contributed by atoms with Crippen molar-refractivity contribution in [3.63, 3.8) is 0 Å². The lowest BCUT2D eigenvalue weighted by Crippen LogP contribution is -2.02. The summed E-state index contributed by atoms with van der Waals surface area (Å²) >= 11 is 0. The van der Waals surface area contributed by atoms with Gasteiger partial charge in [0.1, 0.15) is 11.5 Å². The highest BCUT2D eigenvalue weighted by atomic mass is 16.5. The molecule has 0 amide bonds. The molecule has 0 unspecified atom stereocenters. The Morgan fingerprint density at radius 3 is 2.50 bits per heavy atom. The fraction of sp³-hybridized carbons (Fsp3) is 0.417. The van der Waals surface area contributed by atoms with E-state index >= 15 is 0 Å². The van der Waals surface area contributed by atoms with E-state index in [1.807, 2.05) is 26.0 Å². The molecule has 0 aliphatic heterocycles. The molecule has 0 radical (unpaired) electrons. The van der Waals surface area contributed by atoms with Crippen molar-refractivity contribution >= 4 is 5.71 Å². The second-order valence-electron chi connectivity index (χ2n) is 3.21. The van der Waals surface area contributed by atoms with Crippen LogP contribution in [0.25, 0.3) is 0 Å². The van der Waals surface area contributed by atoms with Gasteiger partial charge in [0, 0.05) is 11.6 Å². The van der Waals surface area contributed by atoms with E-state index in [1.165, 1.54) is 0 Å². The molecule has 0 saturated heterocycles. The zero-order valence-corrected chi connectivity index (χ0v) is 9.86. The Morgan fingerprint density at radius 1 is 1.25 bits per heavy atom. The number of nitrogens with zero attached hydrogens (tertiary/aromatic N) is 1. The molecule has 1 N–H and O–H groups in total. The van der Waals surface area contributed by atoms with Crippen LogP contribution in [0.5, 0.6) is 11.5 Å². The molecule has 0 aromatic heterocycles. The van der Waals surface area contributed by atoms with Crippen LogP contribution in [0.3, 0.4) is 0 Å². The molecular formula is C12H17NO3. The average Bonchev–Trinajstić information content (AvgIpc) is 2.29. The first-order chi connectivity index (χ1) is 7.72. The molecule has 0 aliphatic rings. The first kappa shape index (κ1) is 12.4. The van der Waals surface area contributed by atoms with Gasteiger partial charge in [-0.1, -0.05) is 5.16 Å². The van der Waals surface area contributed by atoms with Crippen LogP contribution in [-0.4, -0.2) is 24.1 Å². The number of rotatable bonds is 5. The van der Waals surface area contributed by atoms with E-state index in [9.17, 15) is 0 Å². The summed E-state index contributed by atoms with van der Waals surface area (Å²) in [5, 5.41) is 11.9. The lowest BCUT2D eigenvalue weighted by molar-refractivity contribution is 0.315. The number of oxime groups is 1. The highest BCUT2D eigenvalue weighted by molar-refractivity contribution is 6.00. The summed E-state index contributed by atoms with van der Waals surface area (Å²) in [4.78, 5) is 0. The minimum atomic E-state index is 0.520. The highest BCUT2D eigenvalue weighted by Gasteiger charge is 2.08. The fourth-order valence-electron chi connectivity index (χ4n) is 1.39. The third kappa shape index (κ3) is 2.89. The minimum absolute atomic E-state index is 0.520. The summed E-state index contributed by atoms with van der Waals surface area (Å²) in [6.45, 7) is 6.72. The normalized spacial score (nSPS) is 11.3. The number of benzene rings is 1. The second-order valence-corrected chi connectivity index (χ2v) is 3.21. The van der Waals surface area contributed by atoms with Crippen molar-refractivity contribution < 1.29 is 14.7 Å². The molecule has 88 valence electrons. The van der Waals surface area contributed by atoms with Crippen LogP contribution in [0.15, 0.2) is 23.4 Å². The SMILES string of the molecule is CCOc1ccc(/C(C)=N\O)c(OCC)c1. The molecule has 16 heavy (non-hydrogen) atoms. The standard InChI is InChI=1S/C12H17NO3/c1-4-15-10-6-7-11(9(3)13-14)12(8-10)16-5-2/h6-8,14H,4-5H2,1-3H3/b13-9-.